The summed E-state index contributed by atoms with van der Waals surface area (Å²) in [5.41, 5.74) is 0.835. The summed E-state index contributed by atoms with van der Waals surface area (Å²) in [7, 11) is -4.18. The molecule has 1 atom stereocenters. The highest BCUT2D eigenvalue weighted by Gasteiger charge is 2.44. The minimum absolute atomic E-state index is 0.140. The van der Waals surface area contributed by atoms with Gasteiger partial charge in [0, 0.05) is 0 Å². The van der Waals surface area contributed by atoms with Crippen LogP contribution in [0.5, 0.6) is 0 Å². The van der Waals surface area contributed by atoms with E-state index in [0.29, 0.717) is 0 Å². The number of benzene rings is 1. The minimum Gasteiger partial charge on any atom is -0.333 e. The Kier molecular flexibility index (Phi) is 5.66. The molecular weight excluding hydrogens is 352 g/mol. The Morgan fingerprint density at radius 3 is 2.20 bits per heavy atom. The van der Waals surface area contributed by atoms with Gasteiger partial charge in [0.25, 0.3) is 5.91 Å². The predicted molar refractivity (Wildman–Crippen MR) is 76.6 cm³/mol. The first kappa shape index (κ1) is 17.5. The monoisotopic (exact) mass is 361 g/mol. The van der Waals surface area contributed by atoms with Crippen molar-refractivity contribution in [1.82, 2.24) is 5.32 Å². The second kappa shape index (κ2) is 6.47. The third-order valence-electron chi connectivity index (χ3n) is 2.37. The third-order valence-corrected chi connectivity index (χ3v) is 5.43. The molecule has 0 fully saturated rings. The average Bonchev–Trinajstić information content (AvgIpc) is 2.34. The molecule has 0 aliphatic rings. The van der Waals surface area contributed by atoms with Gasteiger partial charge in [0.15, 0.2) is 12.0 Å². The summed E-state index contributed by atoms with van der Waals surface area (Å²) in [6.07, 6.45) is 0. The molecule has 0 saturated heterocycles. The van der Waals surface area contributed by atoms with Crippen LogP contribution >= 0.6 is 34.8 Å². The maximum absolute atomic E-state index is 12.4. The molecule has 1 rings (SSSR count). The largest absolute Gasteiger partial charge is 0.333 e. The lowest BCUT2D eigenvalue weighted by atomic mass is 10.2. The molecule has 1 aromatic carbocycles. The van der Waals surface area contributed by atoms with Crippen molar-refractivity contribution in [2.45, 2.75) is 21.0 Å². The van der Waals surface area contributed by atoms with Crippen LogP contribution < -0.4 is 5.32 Å². The van der Waals surface area contributed by atoms with Crippen LogP contribution in [0.15, 0.2) is 29.2 Å². The van der Waals surface area contributed by atoms with Gasteiger partial charge >= 0.3 is 0 Å². The molecule has 1 amide bonds. The Bertz CT molecular complexity index is 584. The fourth-order valence-electron chi connectivity index (χ4n) is 1.38. The van der Waals surface area contributed by atoms with Crippen LogP contribution in [0.25, 0.3) is 0 Å². The number of amides is 1. The maximum atomic E-state index is 12.4. The molecule has 20 heavy (non-hydrogen) atoms. The molecule has 1 unspecified atom stereocenters. The van der Waals surface area contributed by atoms with E-state index in [-0.39, 0.29) is 4.90 Å². The van der Waals surface area contributed by atoms with E-state index < -0.39 is 31.6 Å². The number of halogens is 4. The van der Waals surface area contributed by atoms with Gasteiger partial charge in [-0.05, 0) is 19.1 Å². The van der Waals surface area contributed by atoms with Gasteiger partial charge in [-0.1, -0.05) is 52.5 Å². The van der Waals surface area contributed by atoms with Crippen LogP contribution in [0.2, 0.25) is 0 Å². The van der Waals surface area contributed by atoms with Crippen LogP contribution in [-0.4, -0.2) is 30.2 Å². The third kappa shape index (κ3) is 4.22. The van der Waals surface area contributed by atoms with Gasteiger partial charge in [-0.25, -0.2) is 12.8 Å². The molecule has 1 aromatic rings. The molecular formula is C11H11Cl3FNO3S. The first-order valence-corrected chi connectivity index (χ1v) is 7.99. The molecule has 112 valence electrons. The molecule has 0 radical (unpaired) electrons. The van der Waals surface area contributed by atoms with Crippen molar-refractivity contribution >= 4 is 50.5 Å². The summed E-state index contributed by atoms with van der Waals surface area (Å²) in [5, 5.41) is -0.0211. The molecule has 0 aromatic heterocycles. The van der Waals surface area contributed by atoms with Crippen molar-refractivity contribution in [3.05, 3.63) is 29.8 Å². The number of alkyl halides is 4. The first-order chi connectivity index (χ1) is 9.09. The highest BCUT2D eigenvalue weighted by Crippen LogP contribution is 2.35. The molecule has 0 bridgehead atoms. The Labute approximate surface area is 131 Å². The van der Waals surface area contributed by atoms with Gasteiger partial charge in [0.2, 0.25) is 13.6 Å². The number of carbonyl (C=O) groups is 1. The number of aryl methyl sites for hydroxylation is 1. The van der Waals surface area contributed by atoms with Gasteiger partial charge in [-0.3, -0.25) is 4.79 Å². The fourth-order valence-corrected chi connectivity index (χ4v) is 4.03. The van der Waals surface area contributed by atoms with Crippen molar-refractivity contribution in [1.29, 1.82) is 0 Å². The highest BCUT2D eigenvalue weighted by molar-refractivity contribution is 7.92. The van der Waals surface area contributed by atoms with E-state index in [2.05, 4.69) is 0 Å². The first-order valence-electron chi connectivity index (χ1n) is 5.31. The molecule has 1 N–H and O–H groups in total. The Morgan fingerprint density at radius 1 is 1.30 bits per heavy atom. The molecule has 0 heterocycles. The smallest absolute Gasteiger partial charge is 0.252 e. The lowest BCUT2D eigenvalue weighted by molar-refractivity contribution is -0.122. The average molecular weight is 363 g/mol. The molecule has 0 aliphatic carbocycles. The fraction of sp³-hybridized carbons (Fsp3) is 0.364. The normalized spacial score (nSPS) is 13.8. The Morgan fingerprint density at radius 2 is 1.80 bits per heavy atom. The van der Waals surface area contributed by atoms with E-state index in [1.165, 1.54) is 12.1 Å². The van der Waals surface area contributed by atoms with Crippen molar-refractivity contribution in [2.75, 3.05) is 6.67 Å². The van der Waals surface area contributed by atoms with E-state index in [9.17, 15) is 17.6 Å². The predicted octanol–water partition coefficient (Wildman–Crippen LogP) is 2.55. The molecule has 0 saturated carbocycles. The van der Waals surface area contributed by atoms with E-state index in [1.807, 2.05) is 5.32 Å². The van der Waals surface area contributed by atoms with Gasteiger partial charge in [-0.15, -0.1) is 0 Å². The number of hydrogen-bond donors (Lipinski definition) is 1. The Hall–Kier alpha value is -0.560. The summed E-state index contributed by atoms with van der Waals surface area (Å²) < 4.78 is 34.6. The lowest BCUT2D eigenvalue weighted by Crippen LogP contribution is -2.49. The summed E-state index contributed by atoms with van der Waals surface area (Å²) in [4.78, 5) is 10.9. The quantitative estimate of drug-likeness (QED) is 0.837. The molecule has 0 aliphatic heterocycles. The van der Waals surface area contributed by atoms with Crippen molar-refractivity contribution in [3.63, 3.8) is 0 Å². The lowest BCUT2D eigenvalue weighted by Gasteiger charge is -2.25. The number of nitrogens with one attached hydrogen (secondary N) is 1. The van der Waals surface area contributed by atoms with Crippen LogP contribution in [0, 0.1) is 6.92 Å². The number of carbonyl (C=O) groups excluding carboxylic acids is 1. The SMILES string of the molecule is Cc1ccc(S(=O)(=O)C(NC(=O)CF)C(Cl)(Cl)Cl)cc1. The zero-order chi connectivity index (χ0) is 15.6. The van der Waals surface area contributed by atoms with Crippen LogP contribution in [0.3, 0.4) is 0 Å². The van der Waals surface area contributed by atoms with Crippen molar-refractivity contribution in [2.24, 2.45) is 0 Å². The van der Waals surface area contributed by atoms with E-state index in [0.717, 1.165) is 5.56 Å². The minimum atomic E-state index is -4.18. The summed E-state index contributed by atoms with van der Waals surface area (Å²) in [6.45, 7) is 0.356. The summed E-state index contributed by atoms with van der Waals surface area (Å²) in [6, 6.07) is 5.74. The standard InChI is InChI=1S/C11H11Cl3FNO3S/c1-7-2-4-8(5-3-7)20(18,19)10(11(12,13)14)16-9(17)6-15/h2-5,10H,6H2,1H3,(H,16,17). The second-order valence-corrected chi connectivity index (χ2v) is 8.38. The van der Waals surface area contributed by atoms with E-state index >= 15 is 0 Å². The van der Waals surface area contributed by atoms with Gasteiger partial charge in [0.05, 0.1) is 4.90 Å². The molecule has 0 spiro atoms. The van der Waals surface area contributed by atoms with E-state index in [1.54, 1.807) is 19.1 Å². The number of rotatable bonds is 4. The van der Waals surface area contributed by atoms with Crippen molar-refractivity contribution in [3.8, 4) is 0 Å². The number of sulfone groups is 1. The van der Waals surface area contributed by atoms with Crippen LogP contribution in [0.1, 0.15) is 5.56 Å². The zero-order valence-corrected chi connectivity index (χ0v) is 13.3. The van der Waals surface area contributed by atoms with Crippen LogP contribution in [-0.2, 0) is 14.6 Å². The Balaban J connectivity index is 3.24. The van der Waals surface area contributed by atoms with Crippen LogP contribution in [0.4, 0.5) is 4.39 Å². The summed E-state index contributed by atoms with van der Waals surface area (Å²) >= 11 is 16.7. The van der Waals surface area contributed by atoms with Gasteiger partial charge in [-0.2, -0.15) is 0 Å². The second-order valence-electron chi connectivity index (χ2n) is 3.98. The zero-order valence-electron chi connectivity index (χ0n) is 10.2. The maximum Gasteiger partial charge on any atom is 0.252 e. The van der Waals surface area contributed by atoms with Crippen molar-refractivity contribution < 1.29 is 17.6 Å². The highest BCUT2D eigenvalue weighted by atomic mass is 35.6. The topological polar surface area (TPSA) is 63.2 Å². The molecule has 4 nitrogen and oxygen atoms in total. The van der Waals surface area contributed by atoms with E-state index in [4.69, 9.17) is 34.8 Å². The van der Waals surface area contributed by atoms with Gasteiger partial charge < -0.3 is 5.32 Å². The van der Waals surface area contributed by atoms with Gasteiger partial charge in [0.1, 0.15) is 0 Å². The number of hydrogen-bond acceptors (Lipinski definition) is 3. The molecule has 9 heteroatoms. The summed E-state index contributed by atoms with van der Waals surface area (Å²) in [5.74, 6) is -1.18.